The number of methoxy groups -OCH3 is 1. The predicted octanol–water partition coefficient (Wildman–Crippen LogP) is 0.778. The molecule has 0 amide bonds. The van der Waals surface area contributed by atoms with E-state index in [0.29, 0.717) is 6.61 Å². The van der Waals surface area contributed by atoms with Crippen molar-refractivity contribution in [3.8, 4) is 0 Å². The van der Waals surface area contributed by atoms with Crippen molar-refractivity contribution in [2.24, 2.45) is 0 Å². The van der Waals surface area contributed by atoms with Crippen molar-refractivity contribution >= 4 is 0 Å². The van der Waals surface area contributed by atoms with Crippen LogP contribution in [0, 0.1) is 0 Å². The third-order valence-electron chi connectivity index (χ3n) is 2.76. The fraction of sp³-hybridized carbons (Fsp3) is 0.727. The van der Waals surface area contributed by atoms with Crippen molar-refractivity contribution in [3.05, 3.63) is 17.5 Å². The molecule has 0 radical (unpaired) electrons. The first-order valence-electron chi connectivity index (χ1n) is 5.62. The van der Waals surface area contributed by atoms with Crippen LogP contribution < -0.4 is 0 Å². The van der Waals surface area contributed by atoms with Crippen LogP contribution in [-0.2, 0) is 17.9 Å². The summed E-state index contributed by atoms with van der Waals surface area (Å²) in [6.07, 6.45) is 1.76. The third-order valence-corrected chi connectivity index (χ3v) is 2.76. The number of hydrogen-bond donors (Lipinski definition) is 1. The predicted molar refractivity (Wildman–Crippen MR) is 57.7 cm³/mol. The molecule has 5 nitrogen and oxygen atoms in total. The molecule has 1 aromatic heterocycles. The van der Waals surface area contributed by atoms with Crippen LogP contribution in [0.3, 0.4) is 0 Å². The maximum atomic E-state index is 9.54. The lowest BCUT2D eigenvalue weighted by atomic mass is 10.1. The highest BCUT2D eigenvalue weighted by molar-refractivity contribution is 5.04. The van der Waals surface area contributed by atoms with E-state index in [1.54, 1.807) is 7.11 Å². The van der Waals surface area contributed by atoms with Crippen molar-refractivity contribution in [3.63, 3.8) is 0 Å². The topological polar surface area (TPSA) is 58.7 Å². The van der Waals surface area contributed by atoms with Gasteiger partial charge in [-0.3, -0.25) is 4.90 Å². The molecular weight excluding hydrogens is 208 g/mol. The van der Waals surface area contributed by atoms with Gasteiger partial charge in [0, 0.05) is 26.3 Å². The number of rotatable bonds is 4. The van der Waals surface area contributed by atoms with Gasteiger partial charge in [-0.2, -0.15) is 0 Å². The average molecular weight is 226 g/mol. The number of aliphatic hydroxyl groups excluding tert-OH is 1. The van der Waals surface area contributed by atoms with E-state index in [4.69, 9.17) is 9.26 Å². The highest BCUT2D eigenvalue weighted by atomic mass is 16.5. The summed E-state index contributed by atoms with van der Waals surface area (Å²) in [5.74, 6) is 0.745. The van der Waals surface area contributed by atoms with Crippen molar-refractivity contribution in [2.75, 3.05) is 20.2 Å². The number of ether oxygens (including phenoxy) is 1. The van der Waals surface area contributed by atoms with Gasteiger partial charge >= 0.3 is 0 Å². The molecule has 0 aliphatic carbocycles. The standard InChI is InChI=1S/C11H18N2O3/c1-15-8-11-5-9(12-16-11)6-13-4-2-3-10(14)7-13/h5,10,14H,2-4,6-8H2,1H3. The van der Waals surface area contributed by atoms with Crippen LogP contribution in [-0.4, -0.2) is 41.5 Å². The van der Waals surface area contributed by atoms with Crippen molar-refractivity contribution < 1.29 is 14.4 Å². The molecule has 0 aromatic carbocycles. The molecule has 1 atom stereocenters. The van der Waals surface area contributed by atoms with E-state index in [1.165, 1.54) is 0 Å². The number of aliphatic hydroxyl groups is 1. The zero-order valence-electron chi connectivity index (χ0n) is 9.56. The van der Waals surface area contributed by atoms with Gasteiger partial charge < -0.3 is 14.4 Å². The lowest BCUT2D eigenvalue weighted by Crippen LogP contribution is -2.37. The van der Waals surface area contributed by atoms with Gasteiger partial charge in [0.1, 0.15) is 6.61 Å². The zero-order chi connectivity index (χ0) is 11.4. The summed E-state index contributed by atoms with van der Waals surface area (Å²) < 4.78 is 10.1. The molecule has 5 heteroatoms. The minimum Gasteiger partial charge on any atom is -0.392 e. The molecule has 90 valence electrons. The highest BCUT2D eigenvalue weighted by Crippen LogP contribution is 2.14. The molecule has 1 N–H and O–H groups in total. The first-order chi connectivity index (χ1) is 7.78. The van der Waals surface area contributed by atoms with Crippen LogP contribution in [0.5, 0.6) is 0 Å². The molecule has 0 spiro atoms. The Morgan fingerprint density at radius 1 is 1.69 bits per heavy atom. The minimum absolute atomic E-state index is 0.195. The minimum atomic E-state index is -0.195. The van der Waals surface area contributed by atoms with Crippen LogP contribution in [0.4, 0.5) is 0 Å². The molecule has 2 heterocycles. The van der Waals surface area contributed by atoms with Gasteiger partial charge in [0.05, 0.1) is 11.8 Å². The Balaban J connectivity index is 1.87. The number of likely N-dealkylation sites (tertiary alicyclic amines) is 1. The van der Waals surface area contributed by atoms with Crippen molar-refractivity contribution in [1.29, 1.82) is 0 Å². The van der Waals surface area contributed by atoms with Gasteiger partial charge in [0.25, 0.3) is 0 Å². The fourth-order valence-corrected chi connectivity index (χ4v) is 2.04. The van der Waals surface area contributed by atoms with Gasteiger partial charge in [-0.25, -0.2) is 0 Å². The van der Waals surface area contributed by atoms with Gasteiger partial charge in [-0.05, 0) is 19.4 Å². The van der Waals surface area contributed by atoms with E-state index in [0.717, 1.165) is 43.9 Å². The second-order valence-corrected chi connectivity index (χ2v) is 4.25. The maximum Gasteiger partial charge on any atom is 0.162 e. The largest absolute Gasteiger partial charge is 0.392 e. The Morgan fingerprint density at radius 3 is 3.31 bits per heavy atom. The van der Waals surface area contributed by atoms with Crippen molar-refractivity contribution in [1.82, 2.24) is 10.1 Å². The Morgan fingerprint density at radius 2 is 2.56 bits per heavy atom. The summed E-state index contributed by atoms with van der Waals surface area (Å²) in [7, 11) is 1.63. The average Bonchev–Trinajstić information content (AvgIpc) is 2.66. The Kier molecular flexibility index (Phi) is 3.93. The van der Waals surface area contributed by atoms with E-state index in [-0.39, 0.29) is 6.10 Å². The van der Waals surface area contributed by atoms with Crippen LogP contribution in [0.15, 0.2) is 10.6 Å². The highest BCUT2D eigenvalue weighted by Gasteiger charge is 2.18. The van der Waals surface area contributed by atoms with E-state index in [2.05, 4.69) is 10.1 Å². The SMILES string of the molecule is COCc1cc(CN2CCCC(O)C2)no1. The smallest absolute Gasteiger partial charge is 0.162 e. The Labute approximate surface area is 95.0 Å². The third kappa shape index (κ3) is 3.04. The number of β-amino-alcohol motifs (C(OH)–C–C–N with tert-alkyl or cyclic N) is 1. The lowest BCUT2D eigenvalue weighted by molar-refractivity contribution is 0.0656. The van der Waals surface area contributed by atoms with E-state index >= 15 is 0 Å². The van der Waals surface area contributed by atoms with Crippen LogP contribution in [0.1, 0.15) is 24.3 Å². The molecule has 1 unspecified atom stereocenters. The Bertz CT molecular complexity index is 327. The summed E-state index contributed by atoms with van der Waals surface area (Å²) in [4.78, 5) is 2.20. The number of nitrogens with zero attached hydrogens (tertiary/aromatic N) is 2. The molecule has 1 aliphatic rings. The second kappa shape index (κ2) is 5.43. The Hall–Kier alpha value is -0.910. The van der Waals surface area contributed by atoms with Crippen LogP contribution in [0.25, 0.3) is 0 Å². The zero-order valence-corrected chi connectivity index (χ0v) is 9.56. The lowest BCUT2D eigenvalue weighted by Gasteiger charge is -2.28. The number of hydrogen-bond acceptors (Lipinski definition) is 5. The normalized spacial score (nSPS) is 22.5. The van der Waals surface area contributed by atoms with E-state index in [1.807, 2.05) is 6.07 Å². The fourth-order valence-electron chi connectivity index (χ4n) is 2.04. The molecule has 1 aromatic rings. The molecule has 0 saturated carbocycles. The van der Waals surface area contributed by atoms with Gasteiger partial charge in [-0.1, -0.05) is 5.16 Å². The summed E-state index contributed by atoms with van der Waals surface area (Å²) in [5, 5.41) is 13.5. The quantitative estimate of drug-likeness (QED) is 0.822. The molecule has 1 saturated heterocycles. The van der Waals surface area contributed by atoms with E-state index in [9.17, 15) is 5.11 Å². The second-order valence-electron chi connectivity index (χ2n) is 4.25. The molecule has 1 fully saturated rings. The maximum absolute atomic E-state index is 9.54. The molecule has 2 rings (SSSR count). The monoisotopic (exact) mass is 226 g/mol. The molecular formula is C11H18N2O3. The number of piperidine rings is 1. The summed E-state index contributed by atoms with van der Waals surface area (Å²) in [6, 6.07) is 1.91. The van der Waals surface area contributed by atoms with Gasteiger partial charge in [0.15, 0.2) is 5.76 Å². The summed E-state index contributed by atoms with van der Waals surface area (Å²) in [6.45, 7) is 2.94. The summed E-state index contributed by atoms with van der Waals surface area (Å²) in [5.41, 5.74) is 0.904. The first-order valence-corrected chi connectivity index (χ1v) is 5.62. The molecule has 0 bridgehead atoms. The number of aromatic nitrogens is 1. The van der Waals surface area contributed by atoms with Gasteiger partial charge in [-0.15, -0.1) is 0 Å². The van der Waals surface area contributed by atoms with E-state index < -0.39 is 0 Å². The molecule has 1 aliphatic heterocycles. The molecule has 16 heavy (non-hydrogen) atoms. The van der Waals surface area contributed by atoms with Gasteiger partial charge in [0.2, 0.25) is 0 Å². The van der Waals surface area contributed by atoms with Crippen LogP contribution in [0.2, 0.25) is 0 Å². The summed E-state index contributed by atoms with van der Waals surface area (Å²) >= 11 is 0. The van der Waals surface area contributed by atoms with Crippen LogP contribution >= 0.6 is 0 Å². The first kappa shape index (κ1) is 11.6. The van der Waals surface area contributed by atoms with Crippen molar-refractivity contribution in [2.45, 2.75) is 32.1 Å².